The third-order valence-corrected chi connectivity index (χ3v) is 3.90. The fourth-order valence-electron chi connectivity index (χ4n) is 1.92. The number of thioether (sulfide) groups is 1. The summed E-state index contributed by atoms with van der Waals surface area (Å²) in [6.07, 6.45) is 0. The molecule has 0 atom stereocenters. The van der Waals surface area contributed by atoms with Gasteiger partial charge in [0.2, 0.25) is 5.16 Å². The molecule has 0 bridgehead atoms. The number of rotatable bonds is 5. The third kappa shape index (κ3) is 2.99. The van der Waals surface area contributed by atoms with Crippen molar-refractivity contribution in [3.05, 3.63) is 60.2 Å². The number of carbonyl (C=O) groups excluding carboxylic acids is 1. The van der Waals surface area contributed by atoms with Crippen LogP contribution in [0.2, 0.25) is 0 Å². The highest BCUT2D eigenvalue weighted by Crippen LogP contribution is 2.22. The maximum absolute atomic E-state index is 12.1. The van der Waals surface area contributed by atoms with Gasteiger partial charge in [0.1, 0.15) is 5.75 Å². The number of phenols is 1. The van der Waals surface area contributed by atoms with E-state index in [9.17, 15) is 9.90 Å². The molecule has 3 aromatic rings. The first-order valence-corrected chi connectivity index (χ1v) is 7.52. The van der Waals surface area contributed by atoms with E-state index >= 15 is 0 Å². The summed E-state index contributed by atoms with van der Waals surface area (Å²) in [6, 6.07) is 15.9. The predicted octanol–water partition coefficient (Wildman–Crippen LogP) is 2.34. The minimum Gasteiger partial charge on any atom is -0.507 e. The van der Waals surface area contributed by atoms with Crippen LogP contribution < -0.4 is 0 Å². The Hall–Kier alpha value is -2.67. The van der Waals surface area contributed by atoms with Crippen LogP contribution in [0.4, 0.5) is 0 Å². The Balaban J connectivity index is 1.75. The lowest BCUT2D eigenvalue weighted by atomic mass is 10.1. The van der Waals surface area contributed by atoms with Crippen LogP contribution in [0.3, 0.4) is 0 Å². The van der Waals surface area contributed by atoms with Crippen molar-refractivity contribution in [1.29, 1.82) is 0 Å². The molecule has 1 aromatic heterocycles. The molecule has 2 aromatic carbocycles. The molecule has 0 unspecified atom stereocenters. The van der Waals surface area contributed by atoms with Crippen molar-refractivity contribution < 1.29 is 9.90 Å². The second kappa shape index (κ2) is 6.40. The lowest BCUT2D eigenvalue weighted by molar-refractivity contribution is 0.102. The largest absolute Gasteiger partial charge is 0.507 e. The molecule has 1 N–H and O–H groups in total. The second-order valence-corrected chi connectivity index (χ2v) is 5.38. The topological polar surface area (TPSA) is 80.9 Å². The lowest BCUT2D eigenvalue weighted by Gasteiger charge is -2.04. The number of aromatic nitrogens is 4. The normalized spacial score (nSPS) is 10.5. The van der Waals surface area contributed by atoms with Gasteiger partial charge in [-0.25, -0.2) is 0 Å². The van der Waals surface area contributed by atoms with Gasteiger partial charge in [-0.15, -0.1) is 5.10 Å². The average molecular weight is 312 g/mol. The number of hydrogen-bond acceptors (Lipinski definition) is 6. The molecular weight excluding hydrogens is 300 g/mol. The highest BCUT2D eigenvalue weighted by Gasteiger charge is 2.14. The Bertz CT molecular complexity index is 789. The number of hydrogen-bond donors (Lipinski definition) is 1. The van der Waals surface area contributed by atoms with Crippen LogP contribution in [0.1, 0.15) is 10.4 Å². The first-order valence-electron chi connectivity index (χ1n) is 6.53. The van der Waals surface area contributed by atoms with Gasteiger partial charge in [0, 0.05) is 0 Å². The van der Waals surface area contributed by atoms with E-state index in [1.54, 1.807) is 22.9 Å². The summed E-state index contributed by atoms with van der Waals surface area (Å²) in [5.74, 6) is -0.0495. The van der Waals surface area contributed by atoms with Gasteiger partial charge >= 0.3 is 0 Å². The summed E-state index contributed by atoms with van der Waals surface area (Å²) in [7, 11) is 0. The highest BCUT2D eigenvalue weighted by atomic mass is 32.2. The van der Waals surface area contributed by atoms with E-state index in [0.717, 1.165) is 5.69 Å². The molecule has 0 aliphatic heterocycles. The van der Waals surface area contributed by atoms with Crippen LogP contribution in [0, 0.1) is 0 Å². The molecule has 6 nitrogen and oxygen atoms in total. The van der Waals surface area contributed by atoms with E-state index in [-0.39, 0.29) is 17.3 Å². The molecule has 1 heterocycles. The van der Waals surface area contributed by atoms with E-state index in [1.807, 2.05) is 30.3 Å². The molecular formula is C15H12N4O2S. The van der Waals surface area contributed by atoms with Crippen molar-refractivity contribution >= 4 is 17.5 Å². The number of carbonyl (C=O) groups is 1. The molecule has 0 spiro atoms. The molecule has 3 rings (SSSR count). The van der Waals surface area contributed by atoms with Crippen LogP contribution in [0.25, 0.3) is 5.69 Å². The summed E-state index contributed by atoms with van der Waals surface area (Å²) in [5.41, 5.74) is 1.12. The molecule has 110 valence electrons. The van der Waals surface area contributed by atoms with Gasteiger partial charge < -0.3 is 5.11 Å². The minimum absolute atomic E-state index is 0.0178. The lowest BCUT2D eigenvalue weighted by Crippen LogP contribution is -2.05. The zero-order valence-corrected chi connectivity index (χ0v) is 12.3. The van der Waals surface area contributed by atoms with Gasteiger partial charge in [0.25, 0.3) is 0 Å². The average Bonchev–Trinajstić information content (AvgIpc) is 3.02. The third-order valence-electron chi connectivity index (χ3n) is 2.98. The van der Waals surface area contributed by atoms with Gasteiger partial charge in [-0.3, -0.25) is 4.79 Å². The summed E-state index contributed by atoms with van der Waals surface area (Å²) in [5, 5.41) is 21.7. The molecule has 0 radical (unpaired) electrons. The molecule has 0 amide bonds. The number of para-hydroxylation sites is 2. The maximum atomic E-state index is 12.1. The number of Topliss-reactive ketones (excluding diaryl/α,β-unsaturated/α-hetero) is 1. The maximum Gasteiger partial charge on any atom is 0.214 e. The second-order valence-electron chi connectivity index (χ2n) is 4.44. The van der Waals surface area contributed by atoms with Crippen molar-refractivity contribution in [1.82, 2.24) is 20.2 Å². The standard InChI is InChI=1S/C15H12N4O2S/c20-13-9-5-4-8-12(13)14(21)10-22-15-16-17-18-19(15)11-6-2-1-3-7-11/h1-9,20H,10H2. The highest BCUT2D eigenvalue weighted by molar-refractivity contribution is 7.99. The number of ketones is 1. The molecule has 0 saturated carbocycles. The minimum atomic E-state index is -0.175. The van der Waals surface area contributed by atoms with E-state index < -0.39 is 0 Å². The smallest absolute Gasteiger partial charge is 0.214 e. The van der Waals surface area contributed by atoms with E-state index in [1.165, 1.54) is 17.8 Å². The summed E-state index contributed by atoms with van der Waals surface area (Å²) < 4.78 is 1.57. The number of nitrogens with zero attached hydrogens (tertiary/aromatic N) is 4. The predicted molar refractivity (Wildman–Crippen MR) is 82.3 cm³/mol. The molecule has 0 aliphatic rings. The summed E-state index contributed by atoms with van der Waals surface area (Å²) in [6.45, 7) is 0. The Morgan fingerprint density at radius 1 is 1.09 bits per heavy atom. The van der Waals surface area contributed by atoms with Crippen LogP contribution in [-0.4, -0.2) is 36.8 Å². The van der Waals surface area contributed by atoms with E-state index in [0.29, 0.717) is 10.7 Å². The zero-order chi connectivity index (χ0) is 15.4. The molecule has 7 heteroatoms. The van der Waals surface area contributed by atoms with Gasteiger partial charge in [-0.05, 0) is 34.7 Å². The molecule has 0 saturated heterocycles. The van der Waals surface area contributed by atoms with Crippen molar-refractivity contribution in [2.45, 2.75) is 5.16 Å². The van der Waals surface area contributed by atoms with Gasteiger partial charge in [-0.1, -0.05) is 42.1 Å². The van der Waals surface area contributed by atoms with E-state index in [4.69, 9.17) is 0 Å². The van der Waals surface area contributed by atoms with Crippen LogP contribution in [-0.2, 0) is 0 Å². The number of phenolic OH excluding ortho intramolecular Hbond substituents is 1. The summed E-state index contributed by atoms with van der Waals surface area (Å²) >= 11 is 1.23. The summed E-state index contributed by atoms with van der Waals surface area (Å²) in [4.78, 5) is 12.1. The Labute approximate surface area is 130 Å². The number of tetrazole rings is 1. The van der Waals surface area contributed by atoms with Crippen molar-refractivity contribution in [3.8, 4) is 11.4 Å². The molecule has 0 fully saturated rings. The monoisotopic (exact) mass is 312 g/mol. The zero-order valence-electron chi connectivity index (χ0n) is 11.5. The van der Waals surface area contributed by atoms with Gasteiger partial charge in [-0.2, -0.15) is 4.68 Å². The quantitative estimate of drug-likeness (QED) is 0.575. The van der Waals surface area contributed by atoms with Crippen molar-refractivity contribution in [2.75, 3.05) is 5.75 Å². The Morgan fingerprint density at radius 3 is 2.59 bits per heavy atom. The Kier molecular flexibility index (Phi) is 4.15. The fraction of sp³-hybridized carbons (Fsp3) is 0.0667. The fourth-order valence-corrected chi connectivity index (χ4v) is 2.69. The van der Waals surface area contributed by atoms with Crippen LogP contribution in [0.15, 0.2) is 59.8 Å². The number of aromatic hydroxyl groups is 1. The first kappa shape index (κ1) is 14.3. The van der Waals surface area contributed by atoms with Crippen molar-refractivity contribution in [2.24, 2.45) is 0 Å². The molecule has 0 aliphatic carbocycles. The first-order chi connectivity index (χ1) is 10.8. The van der Waals surface area contributed by atoms with Crippen LogP contribution >= 0.6 is 11.8 Å². The van der Waals surface area contributed by atoms with Crippen LogP contribution in [0.5, 0.6) is 5.75 Å². The SMILES string of the molecule is O=C(CSc1nnnn1-c1ccccc1)c1ccccc1O. The Morgan fingerprint density at radius 2 is 1.82 bits per heavy atom. The van der Waals surface area contributed by atoms with E-state index in [2.05, 4.69) is 15.5 Å². The van der Waals surface area contributed by atoms with Gasteiger partial charge in [0.15, 0.2) is 5.78 Å². The van der Waals surface area contributed by atoms with Crippen molar-refractivity contribution in [3.63, 3.8) is 0 Å². The molecule has 22 heavy (non-hydrogen) atoms. The number of benzene rings is 2. The van der Waals surface area contributed by atoms with Gasteiger partial charge in [0.05, 0.1) is 17.0 Å².